The molecule has 3 heteroatoms. The van der Waals surface area contributed by atoms with Crippen molar-refractivity contribution in [2.24, 2.45) is 5.10 Å². The van der Waals surface area contributed by atoms with Crippen LogP contribution in [0.5, 0.6) is 0 Å². The van der Waals surface area contributed by atoms with Crippen molar-refractivity contribution in [1.29, 1.82) is 0 Å². The zero-order chi connectivity index (χ0) is 21.0. The van der Waals surface area contributed by atoms with E-state index in [0.717, 1.165) is 18.4 Å². The lowest BCUT2D eigenvalue weighted by Crippen LogP contribution is -2.16. The Bertz CT molecular complexity index is 536. The van der Waals surface area contributed by atoms with E-state index in [0.29, 0.717) is 6.42 Å². The Balaban J connectivity index is 1.83. The minimum absolute atomic E-state index is 0.0167. The fraction of sp³-hybridized carbons (Fsp3) is 0.692. The second kappa shape index (κ2) is 18.4. The summed E-state index contributed by atoms with van der Waals surface area (Å²) >= 11 is 0. The quantitative estimate of drug-likeness (QED) is 0.153. The standard InChI is InChI=1S/C26H44N2O/c1-3-4-5-6-7-8-9-10-11-12-13-14-15-16-17-18-26(29)28-27-23-25-21-19-24(2)20-22-25/h19-23H,3-18H2,1-2H3,(H,28,29)/b27-23+. The summed E-state index contributed by atoms with van der Waals surface area (Å²) in [6.07, 6.45) is 22.4. The molecule has 0 unspecified atom stereocenters. The van der Waals surface area contributed by atoms with Gasteiger partial charge in [-0.3, -0.25) is 4.79 Å². The lowest BCUT2D eigenvalue weighted by molar-refractivity contribution is -0.121. The predicted molar refractivity (Wildman–Crippen MR) is 126 cm³/mol. The highest BCUT2D eigenvalue weighted by atomic mass is 16.2. The molecule has 0 aliphatic heterocycles. The third-order valence-electron chi connectivity index (χ3n) is 5.49. The second-order valence-corrected chi connectivity index (χ2v) is 8.40. The summed E-state index contributed by atoms with van der Waals surface area (Å²) in [5, 5.41) is 4.04. The molecule has 0 saturated carbocycles. The van der Waals surface area contributed by atoms with Crippen LogP contribution in [0.1, 0.15) is 121 Å². The first-order valence-corrected chi connectivity index (χ1v) is 12.1. The summed E-state index contributed by atoms with van der Waals surface area (Å²) in [5.74, 6) is 0.0167. The van der Waals surface area contributed by atoms with Crippen LogP contribution in [0.25, 0.3) is 0 Å². The maximum Gasteiger partial charge on any atom is 0.240 e. The van der Waals surface area contributed by atoms with Gasteiger partial charge in [0.2, 0.25) is 5.91 Å². The van der Waals surface area contributed by atoms with E-state index in [-0.39, 0.29) is 5.91 Å². The van der Waals surface area contributed by atoms with E-state index < -0.39 is 0 Å². The smallest absolute Gasteiger partial charge is 0.240 e. The van der Waals surface area contributed by atoms with Crippen LogP contribution in [0.4, 0.5) is 0 Å². The van der Waals surface area contributed by atoms with Gasteiger partial charge in [0.1, 0.15) is 0 Å². The number of amides is 1. The van der Waals surface area contributed by atoms with E-state index in [1.807, 2.05) is 24.3 Å². The fourth-order valence-corrected chi connectivity index (χ4v) is 3.54. The molecule has 0 spiro atoms. The zero-order valence-electron chi connectivity index (χ0n) is 19.1. The monoisotopic (exact) mass is 400 g/mol. The molecule has 1 amide bonds. The number of carbonyl (C=O) groups excluding carboxylic acids is 1. The molecule has 0 heterocycles. The molecule has 0 aromatic heterocycles. The molecule has 1 aromatic carbocycles. The Hall–Kier alpha value is -1.64. The van der Waals surface area contributed by atoms with Crippen molar-refractivity contribution in [2.45, 2.75) is 117 Å². The van der Waals surface area contributed by atoms with Gasteiger partial charge in [0.15, 0.2) is 0 Å². The molecular weight excluding hydrogens is 356 g/mol. The van der Waals surface area contributed by atoms with E-state index in [1.165, 1.54) is 89.0 Å². The van der Waals surface area contributed by atoms with E-state index in [1.54, 1.807) is 6.21 Å². The summed E-state index contributed by atoms with van der Waals surface area (Å²) < 4.78 is 0. The van der Waals surface area contributed by atoms with Gasteiger partial charge in [-0.25, -0.2) is 5.43 Å². The Labute approximate surface area is 179 Å². The molecule has 0 saturated heterocycles. The highest BCUT2D eigenvalue weighted by molar-refractivity contribution is 5.82. The summed E-state index contributed by atoms with van der Waals surface area (Å²) in [5.41, 5.74) is 4.85. The number of hydrogen-bond acceptors (Lipinski definition) is 2. The van der Waals surface area contributed by atoms with Crippen molar-refractivity contribution in [2.75, 3.05) is 0 Å². The number of hydrogen-bond donors (Lipinski definition) is 1. The van der Waals surface area contributed by atoms with Gasteiger partial charge >= 0.3 is 0 Å². The van der Waals surface area contributed by atoms with E-state index in [9.17, 15) is 4.79 Å². The number of carbonyl (C=O) groups is 1. The molecule has 164 valence electrons. The summed E-state index contributed by atoms with van der Waals surface area (Å²) in [4.78, 5) is 11.8. The fourth-order valence-electron chi connectivity index (χ4n) is 3.54. The highest BCUT2D eigenvalue weighted by Crippen LogP contribution is 2.13. The van der Waals surface area contributed by atoms with Gasteiger partial charge in [0.25, 0.3) is 0 Å². The van der Waals surface area contributed by atoms with Crippen molar-refractivity contribution >= 4 is 12.1 Å². The highest BCUT2D eigenvalue weighted by Gasteiger charge is 1.99. The van der Waals surface area contributed by atoms with Gasteiger partial charge in [0, 0.05) is 6.42 Å². The SMILES string of the molecule is CCCCCCCCCCCCCCCCCC(=O)N/N=C/c1ccc(C)cc1. The number of unbranched alkanes of at least 4 members (excludes halogenated alkanes) is 14. The van der Waals surface area contributed by atoms with Crippen molar-refractivity contribution in [3.8, 4) is 0 Å². The van der Waals surface area contributed by atoms with Gasteiger partial charge in [-0.05, 0) is 18.9 Å². The normalized spacial score (nSPS) is 11.2. The molecule has 0 bridgehead atoms. The molecule has 0 aliphatic carbocycles. The maximum atomic E-state index is 11.8. The molecular formula is C26H44N2O. The first-order chi connectivity index (χ1) is 14.2. The minimum atomic E-state index is 0.0167. The number of rotatable bonds is 18. The van der Waals surface area contributed by atoms with Gasteiger partial charge in [-0.1, -0.05) is 127 Å². The van der Waals surface area contributed by atoms with E-state index in [2.05, 4.69) is 24.4 Å². The molecule has 3 nitrogen and oxygen atoms in total. The summed E-state index contributed by atoms with van der Waals surface area (Å²) in [7, 11) is 0. The van der Waals surface area contributed by atoms with Crippen LogP contribution < -0.4 is 5.43 Å². The first-order valence-electron chi connectivity index (χ1n) is 12.1. The average Bonchev–Trinajstić information content (AvgIpc) is 2.72. The zero-order valence-corrected chi connectivity index (χ0v) is 19.1. The first kappa shape index (κ1) is 25.4. The van der Waals surface area contributed by atoms with Crippen molar-refractivity contribution in [3.05, 3.63) is 35.4 Å². The Morgan fingerprint density at radius 3 is 1.69 bits per heavy atom. The van der Waals surface area contributed by atoms with Crippen LogP contribution >= 0.6 is 0 Å². The van der Waals surface area contributed by atoms with E-state index >= 15 is 0 Å². The van der Waals surface area contributed by atoms with Crippen molar-refractivity contribution < 1.29 is 4.79 Å². The number of benzene rings is 1. The van der Waals surface area contributed by atoms with Crippen LogP contribution in [0.2, 0.25) is 0 Å². The second-order valence-electron chi connectivity index (χ2n) is 8.40. The van der Waals surface area contributed by atoms with Crippen LogP contribution in [0, 0.1) is 6.92 Å². The number of aryl methyl sites for hydroxylation is 1. The van der Waals surface area contributed by atoms with Gasteiger partial charge in [-0.2, -0.15) is 5.10 Å². The van der Waals surface area contributed by atoms with Gasteiger partial charge in [0.05, 0.1) is 6.21 Å². The Kier molecular flexibility index (Phi) is 16.1. The summed E-state index contributed by atoms with van der Waals surface area (Å²) in [6.45, 7) is 4.33. The largest absolute Gasteiger partial charge is 0.273 e. The summed E-state index contributed by atoms with van der Waals surface area (Å²) in [6, 6.07) is 8.08. The van der Waals surface area contributed by atoms with Crippen LogP contribution in [0.15, 0.2) is 29.4 Å². The number of hydrazone groups is 1. The lowest BCUT2D eigenvalue weighted by atomic mass is 10.0. The molecule has 0 aliphatic rings. The molecule has 1 N–H and O–H groups in total. The van der Waals surface area contributed by atoms with Crippen molar-refractivity contribution in [1.82, 2.24) is 5.43 Å². The third kappa shape index (κ3) is 15.9. The minimum Gasteiger partial charge on any atom is -0.273 e. The van der Waals surface area contributed by atoms with Gasteiger partial charge < -0.3 is 0 Å². The Morgan fingerprint density at radius 2 is 1.21 bits per heavy atom. The molecule has 1 aromatic rings. The van der Waals surface area contributed by atoms with Crippen LogP contribution in [-0.4, -0.2) is 12.1 Å². The number of nitrogens with zero attached hydrogens (tertiary/aromatic N) is 1. The maximum absolute atomic E-state index is 11.8. The predicted octanol–water partition coefficient (Wildman–Crippen LogP) is 7.71. The number of nitrogens with one attached hydrogen (secondary N) is 1. The lowest BCUT2D eigenvalue weighted by Gasteiger charge is -2.03. The average molecular weight is 401 g/mol. The molecule has 0 fully saturated rings. The van der Waals surface area contributed by atoms with E-state index in [4.69, 9.17) is 0 Å². The third-order valence-corrected chi connectivity index (χ3v) is 5.49. The molecule has 29 heavy (non-hydrogen) atoms. The Morgan fingerprint density at radius 1 is 0.759 bits per heavy atom. The molecule has 0 radical (unpaired) electrons. The van der Waals surface area contributed by atoms with Crippen LogP contribution in [0.3, 0.4) is 0 Å². The topological polar surface area (TPSA) is 41.5 Å². The molecule has 0 atom stereocenters. The van der Waals surface area contributed by atoms with Crippen LogP contribution in [-0.2, 0) is 4.79 Å². The van der Waals surface area contributed by atoms with Gasteiger partial charge in [-0.15, -0.1) is 0 Å². The van der Waals surface area contributed by atoms with Crippen molar-refractivity contribution in [3.63, 3.8) is 0 Å². The molecule has 1 rings (SSSR count).